The van der Waals surface area contributed by atoms with E-state index in [9.17, 15) is 8.42 Å². The van der Waals surface area contributed by atoms with Gasteiger partial charge in [0, 0.05) is 6.04 Å². The lowest BCUT2D eigenvalue weighted by Gasteiger charge is -2.06. The molecule has 3 nitrogen and oxygen atoms in total. The molecule has 0 heterocycles. The van der Waals surface area contributed by atoms with Gasteiger partial charge in [0.15, 0.2) is 0 Å². The highest BCUT2D eigenvalue weighted by molar-refractivity contribution is 7.89. The van der Waals surface area contributed by atoms with E-state index in [0.717, 1.165) is 6.42 Å². The van der Waals surface area contributed by atoms with Crippen LogP contribution in [0.1, 0.15) is 33.6 Å². The first-order valence-electron chi connectivity index (χ1n) is 4.37. The zero-order valence-corrected chi connectivity index (χ0v) is 8.74. The molecule has 1 fully saturated rings. The van der Waals surface area contributed by atoms with Crippen LogP contribution in [0.5, 0.6) is 0 Å². The molecule has 0 aliphatic heterocycles. The Morgan fingerprint density at radius 3 is 2.33 bits per heavy atom. The van der Waals surface area contributed by atoms with Crippen molar-refractivity contribution in [2.45, 2.75) is 39.7 Å². The third-order valence-corrected chi connectivity index (χ3v) is 3.90. The summed E-state index contributed by atoms with van der Waals surface area (Å²) in [5.74, 6) is 0.250. The predicted octanol–water partition coefficient (Wildman–Crippen LogP) is 1.11. The Bertz CT molecular complexity index is 256. The van der Waals surface area contributed by atoms with Gasteiger partial charge in [-0.2, -0.15) is 0 Å². The van der Waals surface area contributed by atoms with Crippen LogP contribution in [0.25, 0.3) is 0 Å². The Morgan fingerprint density at radius 1 is 1.50 bits per heavy atom. The van der Waals surface area contributed by atoms with Gasteiger partial charge in [-0.1, -0.05) is 20.8 Å². The Hall–Kier alpha value is -0.0900. The van der Waals surface area contributed by atoms with Crippen molar-refractivity contribution in [2.24, 2.45) is 5.41 Å². The fourth-order valence-corrected chi connectivity index (χ4v) is 2.70. The normalized spacial score (nSPS) is 27.1. The Morgan fingerprint density at radius 2 is 2.00 bits per heavy atom. The van der Waals surface area contributed by atoms with E-state index >= 15 is 0 Å². The summed E-state index contributed by atoms with van der Waals surface area (Å²) in [5, 5.41) is 0. The maximum Gasteiger partial charge on any atom is 0.211 e. The molecule has 1 N–H and O–H groups in total. The topological polar surface area (TPSA) is 46.2 Å². The van der Waals surface area contributed by atoms with Crippen LogP contribution in [-0.2, 0) is 10.0 Å². The van der Waals surface area contributed by atoms with Gasteiger partial charge in [-0.3, -0.25) is 0 Å². The lowest BCUT2D eigenvalue weighted by molar-refractivity contribution is 0.554. The highest BCUT2D eigenvalue weighted by Crippen LogP contribution is 2.44. The average molecular weight is 191 g/mol. The van der Waals surface area contributed by atoms with Crippen LogP contribution in [0.4, 0.5) is 0 Å². The molecule has 0 radical (unpaired) electrons. The van der Waals surface area contributed by atoms with Crippen LogP contribution in [0.3, 0.4) is 0 Å². The van der Waals surface area contributed by atoms with E-state index in [1.54, 1.807) is 0 Å². The maximum atomic E-state index is 11.3. The third-order valence-electron chi connectivity index (χ3n) is 2.31. The Balaban J connectivity index is 2.43. The first-order chi connectivity index (χ1) is 5.37. The molecule has 0 amide bonds. The van der Waals surface area contributed by atoms with Gasteiger partial charge in [0.05, 0.1) is 5.75 Å². The number of nitrogens with one attached hydrogen (secondary N) is 1. The van der Waals surface area contributed by atoms with Gasteiger partial charge >= 0.3 is 0 Å². The van der Waals surface area contributed by atoms with E-state index in [2.05, 4.69) is 18.6 Å². The molecule has 1 aliphatic carbocycles. The Kier molecular flexibility index (Phi) is 2.50. The van der Waals surface area contributed by atoms with E-state index in [-0.39, 0.29) is 17.2 Å². The average Bonchev–Trinajstić information content (AvgIpc) is 2.36. The molecule has 1 rings (SSSR count). The number of sulfonamides is 1. The standard InChI is InChI=1S/C8H17NO2S/c1-4-5-12(10,11)9-7-6-8(7,2)3/h7,9H,4-6H2,1-3H3. The van der Waals surface area contributed by atoms with Crippen molar-refractivity contribution in [2.75, 3.05) is 5.75 Å². The fourth-order valence-electron chi connectivity index (χ4n) is 1.21. The minimum absolute atomic E-state index is 0.175. The summed E-state index contributed by atoms with van der Waals surface area (Å²) >= 11 is 0. The van der Waals surface area contributed by atoms with Gasteiger partial charge < -0.3 is 0 Å². The van der Waals surface area contributed by atoms with E-state index in [4.69, 9.17) is 0 Å². The molecule has 12 heavy (non-hydrogen) atoms. The number of hydrogen-bond donors (Lipinski definition) is 1. The number of hydrogen-bond acceptors (Lipinski definition) is 2. The van der Waals surface area contributed by atoms with Crippen molar-refractivity contribution in [1.82, 2.24) is 4.72 Å². The van der Waals surface area contributed by atoms with Gasteiger partial charge in [0.1, 0.15) is 0 Å². The van der Waals surface area contributed by atoms with E-state index < -0.39 is 10.0 Å². The van der Waals surface area contributed by atoms with Gasteiger partial charge in [0.25, 0.3) is 0 Å². The van der Waals surface area contributed by atoms with Crippen molar-refractivity contribution in [1.29, 1.82) is 0 Å². The molecule has 1 aliphatic rings. The smallest absolute Gasteiger partial charge is 0.211 e. The first kappa shape index (κ1) is 9.99. The van der Waals surface area contributed by atoms with Crippen molar-refractivity contribution < 1.29 is 8.42 Å². The summed E-state index contributed by atoms with van der Waals surface area (Å²) in [6.45, 7) is 6.02. The van der Waals surface area contributed by atoms with Crippen LogP contribution in [0, 0.1) is 5.41 Å². The highest BCUT2D eigenvalue weighted by Gasteiger charge is 2.47. The van der Waals surface area contributed by atoms with Crippen LogP contribution in [0.2, 0.25) is 0 Å². The molecule has 0 aromatic carbocycles. The molecule has 0 spiro atoms. The Labute approximate surface area is 74.6 Å². The summed E-state index contributed by atoms with van der Waals surface area (Å²) in [6.07, 6.45) is 1.65. The summed E-state index contributed by atoms with van der Waals surface area (Å²) in [4.78, 5) is 0. The van der Waals surface area contributed by atoms with E-state index in [1.807, 2.05) is 6.92 Å². The van der Waals surface area contributed by atoms with Crippen molar-refractivity contribution >= 4 is 10.0 Å². The quantitative estimate of drug-likeness (QED) is 0.723. The molecular weight excluding hydrogens is 174 g/mol. The lowest BCUT2D eigenvalue weighted by atomic mass is 10.2. The molecule has 0 aromatic heterocycles. The molecule has 1 unspecified atom stereocenters. The van der Waals surface area contributed by atoms with Gasteiger partial charge in [-0.25, -0.2) is 13.1 Å². The molecule has 72 valence electrons. The molecule has 0 saturated heterocycles. The molecular formula is C8H17NO2S. The van der Waals surface area contributed by atoms with Crippen LogP contribution in [0.15, 0.2) is 0 Å². The molecule has 0 bridgehead atoms. The zero-order chi connectivity index (χ0) is 9.41. The van der Waals surface area contributed by atoms with Crippen LogP contribution >= 0.6 is 0 Å². The van der Waals surface area contributed by atoms with E-state index in [0.29, 0.717) is 6.42 Å². The largest absolute Gasteiger partial charge is 0.212 e. The van der Waals surface area contributed by atoms with Crippen molar-refractivity contribution in [3.8, 4) is 0 Å². The molecule has 1 saturated carbocycles. The predicted molar refractivity (Wildman–Crippen MR) is 49.4 cm³/mol. The lowest BCUT2D eigenvalue weighted by Crippen LogP contribution is -2.30. The first-order valence-corrected chi connectivity index (χ1v) is 6.02. The van der Waals surface area contributed by atoms with Crippen LogP contribution < -0.4 is 4.72 Å². The second kappa shape index (κ2) is 3.00. The maximum absolute atomic E-state index is 11.3. The summed E-state index contributed by atoms with van der Waals surface area (Å²) < 4.78 is 25.2. The fraction of sp³-hybridized carbons (Fsp3) is 1.00. The number of rotatable bonds is 4. The van der Waals surface area contributed by atoms with Crippen molar-refractivity contribution in [3.05, 3.63) is 0 Å². The second-order valence-corrected chi connectivity index (χ2v) is 6.06. The minimum atomic E-state index is -2.99. The van der Waals surface area contributed by atoms with Gasteiger partial charge in [0.2, 0.25) is 10.0 Å². The van der Waals surface area contributed by atoms with Gasteiger partial charge in [-0.05, 0) is 18.3 Å². The SMILES string of the molecule is CCCS(=O)(=O)NC1CC1(C)C. The monoisotopic (exact) mass is 191 g/mol. The minimum Gasteiger partial charge on any atom is -0.212 e. The highest BCUT2D eigenvalue weighted by atomic mass is 32.2. The molecule has 1 atom stereocenters. The third kappa shape index (κ3) is 2.45. The van der Waals surface area contributed by atoms with Crippen molar-refractivity contribution in [3.63, 3.8) is 0 Å². The summed E-state index contributed by atoms with van der Waals surface area (Å²) in [6, 6.07) is 0.175. The van der Waals surface area contributed by atoms with Crippen LogP contribution in [-0.4, -0.2) is 20.2 Å². The summed E-state index contributed by atoms with van der Waals surface area (Å²) in [7, 11) is -2.99. The molecule has 4 heteroatoms. The summed E-state index contributed by atoms with van der Waals surface area (Å²) in [5.41, 5.74) is 0.181. The van der Waals surface area contributed by atoms with E-state index in [1.165, 1.54) is 0 Å². The van der Waals surface area contributed by atoms with Gasteiger partial charge in [-0.15, -0.1) is 0 Å². The second-order valence-electron chi connectivity index (χ2n) is 4.18. The zero-order valence-electron chi connectivity index (χ0n) is 7.92. The molecule has 0 aromatic rings.